The number of ether oxygens (including phenoxy) is 1. The molecule has 0 aliphatic carbocycles. The van der Waals surface area contributed by atoms with E-state index in [0.717, 1.165) is 27.9 Å². The number of benzene rings is 1. The van der Waals surface area contributed by atoms with Gasteiger partial charge in [0.2, 0.25) is 0 Å². The van der Waals surface area contributed by atoms with Gasteiger partial charge in [-0.2, -0.15) is 5.10 Å². The van der Waals surface area contributed by atoms with Gasteiger partial charge in [-0.1, -0.05) is 18.2 Å². The smallest absolute Gasteiger partial charge is 0.256 e. The molecule has 0 radical (unpaired) electrons. The summed E-state index contributed by atoms with van der Waals surface area (Å²) in [5.41, 5.74) is 4.76. The van der Waals surface area contributed by atoms with Crippen molar-refractivity contribution in [1.29, 1.82) is 0 Å². The molecule has 0 spiro atoms. The highest BCUT2D eigenvalue weighted by atomic mass is 32.1. The first-order valence-electron chi connectivity index (χ1n) is 10.2. The Morgan fingerprint density at radius 1 is 1.23 bits per heavy atom. The molecular formula is C24H26N4O2S. The number of aromatic nitrogens is 3. The Balaban J connectivity index is 1.85. The van der Waals surface area contributed by atoms with E-state index < -0.39 is 0 Å². The number of para-hydroxylation sites is 1. The maximum Gasteiger partial charge on any atom is 0.256 e. The number of methoxy groups -OCH3 is 1. The highest BCUT2D eigenvalue weighted by Gasteiger charge is 2.20. The molecule has 6 nitrogen and oxygen atoms in total. The van der Waals surface area contributed by atoms with Gasteiger partial charge in [-0.25, -0.2) is 9.67 Å². The predicted octanol–water partition coefficient (Wildman–Crippen LogP) is 5.76. The number of carbonyl (C=O) groups excluding carboxylic acids is 1. The second-order valence-electron chi connectivity index (χ2n) is 7.85. The van der Waals surface area contributed by atoms with Crippen LogP contribution in [-0.4, -0.2) is 27.8 Å². The second-order valence-corrected chi connectivity index (χ2v) is 9.31. The molecule has 4 aromatic rings. The molecule has 0 aliphatic rings. The van der Waals surface area contributed by atoms with Gasteiger partial charge < -0.3 is 10.1 Å². The summed E-state index contributed by atoms with van der Waals surface area (Å²) in [5.74, 6) is -0.190. The Hall–Kier alpha value is -3.03. The van der Waals surface area contributed by atoms with Gasteiger partial charge in [0.1, 0.15) is 0 Å². The molecule has 1 amide bonds. The first kappa shape index (κ1) is 21.2. The summed E-state index contributed by atoms with van der Waals surface area (Å²) in [6, 6.07) is 11.8. The van der Waals surface area contributed by atoms with Crippen molar-refractivity contribution in [2.75, 3.05) is 12.4 Å². The number of pyridine rings is 1. The molecule has 0 aliphatic heterocycles. The van der Waals surface area contributed by atoms with E-state index in [0.29, 0.717) is 17.8 Å². The maximum absolute atomic E-state index is 13.4. The fourth-order valence-corrected chi connectivity index (χ4v) is 4.65. The standard InChI is InChI=1S/C24H26N4O2S/c1-14(2)28-23-20(12-25-28)19(11-22(26-23)18-10-15(3)31-16(18)4)24(29)27-21-9-7-6-8-17(21)13-30-5/h6-12,14H,13H2,1-5H3,(H,27,29). The fourth-order valence-electron chi connectivity index (χ4n) is 3.72. The van der Waals surface area contributed by atoms with Crippen LogP contribution >= 0.6 is 11.3 Å². The van der Waals surface area contributed by atoms with Crippen molar-refractivity contribution in [3.05, 3.63) is 63.5 Å². The van der Waals surface area contributed by atoms with Crippen LogP contribution in [0, 0.1) is 13.8 Å². The van der Waals surface area contributed by atoms with Crippen molar-refractivity contribution < 1.29 is 9.53 Å². The number of rotatable bonds is 6. The van der Waals surface area contributed by atoms with Crippen LogP contribution in [0.25, 0.3) is 22.3 Å². The predicted molar refractivity (Wildman–Crippen MR) is 126 cm³/mol. The average Bonchev–Trinajstić information content (AvgIpc) is 3.31. The first-order chi connectivity index (χ1) is 14.9. The van der Waals surface area contributed by atoms with Gasteiger partial charge in [0.25, 0.3) is 5.91 Å². The first-order valence-corrected chi connectivity index (χ1v) is 11.0. The Bertz CT molecular complexity index is 1260. The molecule has 3 heterocycles. The van der Waals surface area contributed by atoms with E-state index in [9.17, 15) is 4.79 Å². The lowest BCUT2D eigenvalue weighted by Gasteiger charge is -2.13. The second kappa shape index (κ2) is 8.61. The third-order valence-electron chi connectivity index (χ3n) is 5.18. The summed E-state index contributed by atoms with van der Waals surface area (Å²) in [4.78, 5) is 20.7. The molecule has 1 aromatic carbocycles. The monoisotopic (exact) mass is 434 g/mol. The van der Waals surface area contributed by atoms with Crippen LogP contribution in [0.1, 0.15) is 45.6 Å². The summed E-state index contributed by atoms with van der Waals surface area (Å²) >= 11 is 1.73. The van der Waals surface area contributed by atoms with Gasteiger partial charge in [-0.3, -0.25) is 4.79 Å². The highest BCUT2D eigenvalue weighted by Crippen LogP contribution is 2.33. The van der Waals surface area contributed by atoms with Gasteiger partial charge in [0, 0.05) is 39.7 Å². The Labute approximate surface area is 185 Å². The Morgan fingerprint density at radius 2 is 2.00 bits per heavy atom. The largest absolute Gasteiger partial charge is 0.380 e. The van der Waals surface area contributed by atoms with Crippen LogP contribution in [0.4, 0.5) is 5.69 Å². The van der Waals surface area contributed by atoms with Crippen molar-refractivity contribution >= 4 is 34.0 Å². The van der Waals surface area contributed by atoms with Crippen molar-refractivity contribution in [2.45, 2.75) is 40.3 Å². The third-order valence-corrected chi connectivity index (χ3v) is 6.15. The van der Waals surface area contributed by atoms with E-state index in [1.165, 1.54) is 9.75 Å². The molecule has 160 valence electrons. The van der Waals surface area contributed by atoms with Crippen LogP contribution in [-0.2, 0) is 11.3 Å². The zero-order valence-corrected chi connectivity index (χ0v) is 19.2. The minimum Gasteiger partial charge on any atom is -0.380 e. The van der Waals surface area contributed by atoms with Crippen LogP contribution in [0.2, 0.25) is 0 Å². The van der Waals surface area contributed by atoms with E-state index in [1.807, 2.05) is 35.0 Å². The van der Waals surface area contributed by atoms with E-state index in [1.54, 1.807) is 24.6 Å². The van der Waals surface area contributed by atoms with Crippen molar-refractivity contribution in [3.63, 3.8) is 0 Å². The van der Waals surface area contributed by atoms with Gasteiger partial charge >= 0.3 is 0 Å². The molecule has 7 heteroatoms. The van der Waals surface area contributed by atoms with E-state index in [-0.39, 0.29) is 11.9 Å². The van der Waals surface area contributed by atoms with Crippen molar-refractivity contribution in [1.82, 2.24) is 14.8 Å². The molecule has 0 saturated carbocycles. The molecule has 1 N–H and O–H groups in total. The topological polar surface area (TPSA) is 69.0 Å². The number of nitrogens with zero attached hydrogens (tertiary/aromatic N) is 3. The average molecular weight is 435 g/mol. The SMILES string of the molecule is COCc1ccccc1NC(=O)c1cc(-c2cc(C)sc2C)nc2c1cnn2C(C)C. The van der Waals surface area contributed by atoms with Gasteiger partial charge in [-0.15, -0.1) is 11.3 Å². The van der Waals surface area contributed by atoms with E-state index in [2.05, 4.69) is 44.2 Å². The third kappa shape index (κ3) is 4.11. The van der Waals surface area contributed by atoms with Crippen LogP contribution in [0.5, 0.6) is 0 Å². The van der Waals surface area contributed by atoms with E-state index >= 15 is 0 Å². The van der Waals surface area contributed by atoms with Crippen LogP contribution in [0.15, 0.2) is 42.6 Å². The molecule has 0 bridgehead atoms. The zero-order chi connectivity index (χ0) is 22.1. The lowest BCUT2D eigenvalue weighted by atomic mass is 10.1. The summed E-state index contributed by atoms with van der Waals surface area (Å²) in [6.45, 7) is 8.70. The maximum atomic E-state index is 13.4. The number of nitrogens with one attached hydrogen (secondary N) is 1. The summed E-state index contributed by atoms with van der Waals surface area (Å²) in [5, 5.41) is 8.31. The molecule has 0 atom stereocenters. The number of hydrogen-bond acceptors (Lipinski definition) is 5. The molecule has 31 heavy (non-hydrogen) atoms. The number of amides is 1. The number of thiophene rings is 1. The van der Waals surface area contributed by atoms with Crippen LogP contribution in [0.3, 0.4) is 0 Å². The van der Waals surface area contributed by atoms with Crippen molar-refractivity contribution in [3.8, 4) is 11.3 Å². The summed E-state index contributed by atoms with van der Waals surface area (Å²) < 4.78 is 7.14. The minimum atomic E-state index is -0.190. The van der Waals surface area contributed by atoms with Gasteiger partial charge in [0.05, 0.1) is 29.4 Å². The summed E-state index contributed by atoms with van der Waals surface area (Å²) in [7, 11) is 1.64. The zero-order valence-electron chi connectivity index (χ0n) is 18.4. The molecule has 4 rings (SSSR count). The number of aryl methyl sites for hydroxylation is 2. The van der Waals surface area contributed by atoms with Gasteiger partial charge in [-0.05, 0) is 45.9 Å². The molecule has 0 saturated heterocycles. The van der Waals surface area contributed by atoms with E-state index in [4.69, 9.17) is 9.72 Å². The normalized spacial score (nSPS) is 11.4. The highest BCUT2D eigenvalue weighted by molar-refractivity contribution is 7.12. The number of carbonyl (C=O) groups is 1. The molecule has 0 fully saturated rings. The molecular weight excluding hydrogens is 408 g/mol. The lowest BCUT2D eigenvalue weighted by Crippen LogP contribution is -2.15. The summed E-state index contributed by atoms with van der Waals surface area (Å²) in [6.07, 6.45) is 1.73. The number of fused-ring (bicyclic) bond motifs is 1. The van der Waals surface area contributed by atoms with Gasteiger partial charge in [0.15, 0.2) is 5.65 Å². The lowest BCUT2D eigenvalue weighted by molar-refractivity contribution is 0.102. The fraction of sp³-hybridized carbons (Fsp3) is 0.292. The number of anilines is 1. The Morgan fingerprint density at radius 3 is 2.68 bits per heavy atom. The quantitative estimate of drug-likeness (QED) is 0.419. The van der Waals surface area contributed by atoms with Crippen LogP contribution < -0.4 is 5.32 Å². The molecule has 3 aromatic heterocycles. The minimum absolute atomic E-state index is 0.129. The van der Waals surface area contributed by atoms with Crippen molar-refractivity contribution in [2.24, 2.45) is 0 Å². The Kier molecular flexibility index (Phi) is 5.89. The molecule has 0 unspecified atom stereocenters. The number of hydrogen-bond donors (Lipinski definition) is 1.